The van der Waals surface area contributed by atoms with Crippen molar-refractivity contribution in [1.29, 1.82) is 0 Å². The molecule has 0 radical (unpaired) electrons. The zero-order chi connectivity index (χ0) is 13.1. The van der Waals surface area contributed by atoms with Gasteiger partial charge in [-0.25, -0.2) is 4.98 Å². The van der Waals surface area contributed by atoms with E-state index >= 15 is 0 Å². The normalized spacial score (nSPS) is 16.5. The molecule has 1 atom stereocenters. The molecule has 0 spiro atoms. The summed E-state index contributed by atoms with van der Waals surface area (Å²) in [7, 11) is 0. The van der Waals surface area contributed by atoms with Crippen molar-refractivity contribution < 1.29 is 0 Å². The SMILES string of the molecule is Cc1csc(C(CCc2ccccc2)NC2CC2)n1. The highest BCUT2D eigenvalue weighted by molar-refractivity contribution is 7.09. The second kappa shape index (κ2) is 5.85. The van der Waals surface area contributed by atoms with Crippen LogP contribution in [0.2, 0.25) is 0 Å². The van der Waals surface area contributed by atoms with Gasteiger partial charge in [0.25, 0.3) is 0 Å². The minimum absolute atomic E-state index is 0.423. The third-order valence-corrected chi connectivity index (χ3v) is 4.59. The van der Waals surface area contributed by atoms with E-state index in [0.29, 0.717) is 6.04 Å². The van der Waals surface area contributed by atoms with Gasteiger partial charge in [0, 0.05) is 17.1 Å². The fourth-order valence-electron chi connectivity index (χ4n) is 2.30. The van der Waals surface area contributed by atoms with Crippen molar-refractivity contribution in [2.75, 3.05) is 0 Å². The summed E-state index contributed by atoms with van der Waals surface area (Å²) in [5, 5.41) is 7.14. The van der Waals surface area contributed by atoms with Crippen molar-refractivity contribution >= 4 is 11.3 Å². The predicted octanol–water partition coefficient (Wildman–Crippen LogP) is 3.88. The Hall–Kier alpha value is -1.19. The molecule has 1 fully saturated rings. The highest BCUT2D eigenvalue weighted by Crippen LogP contribution is 2.28. The van der Waals surface area contributed by atoms with E-state index < -0.39 is 0 Å². The van der Waals surface area contributed by atoms with Crippen molar-refractivity contribution in [1.82, 2.24) is 10.3 Å². The van der Waals surface area contributed by atoms with E-state index in [1.54, 1.807) is 11.3 Å². The minimum Gasteiger partial charge on any atom is -0.305 e. The molecule has 0 aliphatic heterocycles. The van der Waals surface area contributed by atoms with Crippen molar-refractivity contribution in [3.63, 3.8) is 0 Å². The van der Waals surface area contributed by atoms with Crippen LogP contribution in [0.1, 0.15) is 41.6 Å². The zero-order valence-electron chi connectivity index (χ0n) is 11.3. The smallest absolute Gasteiger partial charge is 0.110 e. The van der Waals surface area contributed by atoms with Crippen molar-refractivity contribution in [3.05, 3.63) is 52.0 Å². The Morgan fingerprint density at radius 2 is 2.11 bits per heavy atom. The average molecular weight is 272 g/mol. The molecule has 0 saturated heterocycles. The first kappa shape index (κ1) is 12.8. The number of thiazole rings is 1. The lowest BCUT2D eigenvalue weighted by molar-refractivity contribution is 0.494. The fourth-order valence-corrected chi connectivity index (χ4v) is 3.19. The largest absolute Gasteiger partial charge is 0.305 e. The molecule has 0 amide bonds. The summed E-state index contributed by atoms with van der Waals surface area (Å²) in [6, 6.07) is 11.9. The van der Waals surface area contributed by atoms with E-state index in [9.17, 15) is 0 Å². The Morgan fingerprint density at radius 1 is 1.32 bits per heavy atom. The summed E-state index contributed by atoms with van der Waals surface area (Å²) in [6.45, 7) is 2.07. The fraction of sp³-hybridized carbons (Fsp3) is 0.438. The first-order valence-electron chi connectivity index (χ1n) is 7.03. The molecule has 100 valence electrons. The number of nitrogens with zero attached hydrogens (tertiary/aromatic N) is 1. The number of hydrogen-bond donors (Lipinski definition) is 1. The second-order valence-electron chi connectivity index (χ2n) is 5.34. The van der Waals surface area contributed by atoms with Crippen LogP contribution in [0.25, 0.3) is 0 Å². The monoisotopic (exact) mass is 272 g/mol. The van der Waals surface area contributed by atoms with Gasteiger partial charge >= 0.3 is 0 Å². The summed E-state index contributed by atoms with van der Waals surface area (Å²) in [5.41, 5.74) is 2.56. The topological polar surface area (TPSA) is 24.9 Å². The van der Waals surface area contributed by atoms with Gasteiger partial charge in [0.1, 0.15) is 5.01 Å². The Labute approximate surface area is 118 Å². The molecule has 0 bridgehead atoms. The average Bonchev–Trinajstić information content (AvgIpc) is 3.16. The molecule has 1 saturated carbocycles. The molecular formula is C16H20N2S. The van der Waals surface area contributed by atoms with E-state index in [1.165, 1.54) is 23.4 Å². The summed E-state index contributed by atoms with van der Waals surface area (Å²) in [4.78, 5) is 4.66. The third kappa shape index (κ3) is 3.64. The molecule has 1 N–H and O–H groups in total. The summed E-state index contributed by atoms with van der Waals surface area (Å²) in [5.74, 6) is 0. The third-order valence-electron chi connectivity index (χ3n) is 3.51. The molecule has 3 heteroatoms. The molecule has 2 aromatic rings. The second-order valence-corrected chi connectivity index (χ2v) is 6.23. The Morgan fingerprint density at radius 3 is 2.74 bits per heavy atom. The number of rotatable bonds is 6. The standard InChI is InChI=1S/C16H20N2S/c1-12-11-19-16(17-12)15(18-14-8-9-14)10-7-13-5-3-2-4-6-13/h2-6,11,14-15,18H,7-10H2,1H3. The van der Waals surface area contributed by atoms with Crippen LogP contribution in [0.3, 0.4) is 0 Å². The number of benzene rings is 1. The van der Waals surface area contributed by atoms with Crippen LogP contribution in [-0.4, -0.2) is 11.0 Å². The van der Waals surface area contributed by atoms with Crippen LogP contribution in [-0.2, 0) is 6.42 Å². The first-order chi connectivity index (χ1) is 9.31. The van der Waals surface area contributed by atoms with Crippen LogP contribution in [0.5, 0.6) is 0 Å². The molecule has 1 aromatic heterocycles. The van der Waals surface area contributed by atoms with Gasteiger partial charge in [-0.2, -0.15) is 0 Å². The van der Waals surface area contributed by atoms with Crippen molar-refractivity contribution in [2.45, 2.75) is 44.7 Å². The summed E-state index contributed by atoms with van der Waals surface area (Å²) in [6.07, 6.45) is 4.90. The molecule has 1 unspecified atom stereocenters. The molecule has 1 aromatic carbocycles. The molecule has 1 aliphatic carbocycles. The number of nitrogens with one attached hydrogen (secondary N) is 1. The highest BCUT2D eigenvalue weighted by atomic mass is 32.1. The Balaban J connectivity index is 1.65. The van der Waals surface area contributed by atoms with Crippen LogP contribution < -0.4 is 5.32 Å². The molecule has 1 heterocycles. The lowest BCUT2D eigenvalue weighted by Gasteiger charge is -2.16. The van der Waals surface area contributed by atoms with E-state index in [1.807, 2.05) is 0 Å². The first-order valence-corrected chi connectivity index (χ1v) is 7.91. The molecule has 1 aliphatic rings. The maximum Gasteiger partial charge on any atom is 0.110 e. The van der Waals surface area contributed by atoms with E-state index in [4.69, 9.17) is 0 Å². The Kier molecular flexibility index (Phi) is 3.95. The highest BCUT2D eigenvalue weighted by Gasteiger charge is 2.26. The van der Waals surface area contributed by atoms with Crippen LogP contribution in [0.4, 0.5) is 0 Å². The van der Waals surface area contributed by atoms with Gasteiger partial charge in [-0.3, -0.25) is 0 Å². The zero-order valence-corrected chi connectivity index (χ0v) is 12.1. The van der Waals surface area contributed by atoms with Gasteiger partial charge < -0.3 is 5.32 Å². The van der Waals surface area contributed by atoms with Gasteiger partial charge in [-0.15, -0.1) is 11.3 Å². The van der Waals surface area contributed by atoms with Crippen LogP contribution >= 0.6 is 11.3 Å². The lowest BCUT2D eigenvalue weighted by Crippen LogP contribution is -2.24. The van der Waals surface area contributed by atoms with E-state index in [0.717, 1.165) is 24.6 Å². The van der Waals surface area contributed by atoms with Gasteiger partial charge in [0.05, 0.1) is 6.04 Å². The van der Waals surface area contributed by atoms with Gasteiger partial charge in [0.15, 0.2) is 0 Å². The maximum atomic E-state index is 4.66. The quantitative estimate of drug-likeness (QED) is 0.863. The molecular weight excluding hydrogens is 252 g/mol. The lowest BCUT2D eigenvalue weighted by atomic mass is 10.1. The van der Waals surface area contributed by atoms with E-state index in [2.05, 4.69) is 52.9 Å². The van der Waals surface area contributed by atoms with Gasteiger partial charge in [0.2, 0.25) is 0 Å². The van der Waals surface area contributed by atoms with Crippen molar-refractivity contribution in [3.8, 4) is 0 Å². The number of hydrogen-bond acceptors (Lipinski definition) is 3. The van der Waals surface area contributed by atoms with Gasteiger partial charge in [-0.05, 0) is 38.2 Å². The molecule has 19 heavy (non-hydrogen) atoms. The number of aryl methyl sites for hydroxylation is 2. The molecule has 2 nitrogen and oxygen atoms in total. The maximum absolute atomic E-state index is 4.66. The summed E-state index contributed by atoms with van der Waals surface area (Å²) >= 11 is 1.79. The van der Waals surface area contributed by atoms with Crippen LogP contribution in [0.15, 0.2) is 35.7 Å². The Bertz CT molecular complexity index is 517. The van der Waals surface area contributed by atoms with E-state index in [-0.39, 0.29) is 0 Å². The van der Waals surface area contributed by atoms with Gasteiger partial charge in [-0.1, -0.05) is 30.3 Å². The predicted molar refractivity (Wildman–Crippen MR) is 80.5 cm³/mol. The van der Waals surface area contributed by atoms with Crippen LogP contribution in [0, 0.1) is 6.92 Å². The van der Waals surface area contributed by atoms with Crippen molar-refractivity contribution in [2.24, 2.45) is 0 Å². The summed E-state index contributed by atoms with van der Waals surface area (Å²) < 4.78 is 0. The number of aromatic nitrogens is 1. The minimum atomic E-state index is 0.423. The molecule has 3 rings (SSSR count).